The molecule has 8 heteroatoms. The smallest absolute Gasteiger partial charge is 0.338 e. The first-order chi connectivity index (χ1) is 12.6. The topological polar surface area (TPSA) is 92.8 Å². The summed E-state index contributed by atoms with van der Waals surface area (Å²) in [5, 5.41) is 2.53. The maximum Gasteiger partial charge on any atom is 0.338 e. The highest BCUT2D eigenvalue weighted by atomic mass is 32.2. The molecular weight excluding hydrogens is 368 g/mol. The van der Waals surface area contributed by atoms with E-state index in [1.165, 1.54) is 32.3 Å². The lowest BCUT2D eigenvalue weighted by Crippen LogP contribution is -2.23. The first kappa shape index (κ1) is 20.6. The summed E-state index contributed by atoms with van der Waals surface area (Å²) >= 11 is 0. The minimum absolute atomic E-state index is 0.0534. The molecule has 2 aromatic rings. The first-order valence-electron chi connectivity index (χ1n) is 8.18. The summed E-state index contributed by atoms with van der Waals surface area (Å²) in [5.74, 6) is -1.15. The largest absolute Gasteiger partial charge is 0.452 e. The van der Waals surface area contributed by atoms with Crippen LogP contribution in [0.1, 0.15) is 21.5 Å². The predicted octanol–water partition coefficient (Wildman–Crippen LogP) is 2.35. The molecule has 0 aliphatic carbocycles. The zero-order chi connectivity index (χ0) is 20.2. The second kappa shape index (κ2) is 8.32. The number of amides is 1. The molecule has 0 atom stereocenters. The number of carbonyl (C=O) groups excluding carboxylic acids is 2. The maximum absolute atomic E-state index is 12.1. The molecule has 0 heterocycles. The summed E-state index contributed by atoms with van der Waals surface area (Å²) in [5.41, 5.74) is 2.37. The molecule has 2 rings (SSSR count). The van der Waals surface area contributed by atoms with Gasteiger partial charge in [0.05, 0.1) is 10.5 Å². The molecule has 0 radical (unpaired) electrons. The number of hydrogen-bond donors (Lipinski definition) is 1. The number of nitrogens with one attached hydrogen (secondary N) is 1. The lowest BCUT2D eigenvalue weighted by molar-refractivity contribution is -0.119. The van der Waals surface area contributed by atoms with Crippen molar-refractivity contribution in [1.82, 2.24) is 4.31 Å². The van der Waals surface area contributed by atoms with Crippen molar-refractivity contribution in [2.75, 3.05) is 26.0 Å². The Morgan fingerprint density at radius 3 is 2.44 bits per heavy atom. The highest BCUT2D eigenvalue weighted by molar-refractivity contribution is 7.89. The third-order valence-electron chi connectivity index (χ3n) is 3.84. The van der Waals surface area contributed by atoms with Gasteiger partial charge in [-0.1, -0.05) is 23.8 Å². The summed E-state index contributed by atoms with van der Waals surface area (Å²) in [6, 6.07) is 11.2. The lowest BCUT2D eigenvalue weighted by Gasteiger charge is -2.13. The summed E-state index contributed by atoms with van der Waals surface area (Å²) in [4.78, 5) is 24.2. The van der Waals surface area contributed by atoms with E-state index in [9.17, 15) is 18.0 Å². The Labute approximate surface area is 159 Å². The quantitative estimate of drug-likeness (QED) is 0.765. The van der Waals surface area contributed by atoms with Crippen LogP contribution in [0.15, 0.2) is 47.4 Å². The minimum atomic E-state index is -3.61. The molecule has 0 bridgehead atoms. The average Bonchev–Trinajstić information content (AvgIpc) is 2.61. The number of aryl methyl sites for hydroxylation is 2. The molecule has 7 nitrogen and oxygen atoms in total. The van der Waals surface area contributed by atoms with Gasteiger partial charge in [0, 0.05) is 19.8 Å². The third kappa shape index (κ3) is 5.15. The van der Waals surface area contributed by atoms with E-state index in [0.29, 0.717) is 11.3 Å². The van der Waals surface area contributed by atoms with E-state index in [1.807, 2.05) is 19.1 Å². The molecule has 0 unspecified atom stereocenters. The fourth-order valence-corrected chi connectivity index (χ4v) is 3.25. The van der Waals surface area contributed by atoms with E-state index in [1.54, 1.807) is 19.1 Å². The van der Waals surface area contributed by atoms with Gasteiger partial charge in [0.1, 0.15) is 0 Å². The van der Waals surface area contributed by atoms with Crippen LogP contribution in [0, 0.1) is 13.8 Å². The van der Waals surface area contributed by atoms with Gasteiger partial charge in [-0.2, -0.15) is 0 Å². The number of carbonyl (C=O) groups is 2. The van der Waals surface area contributed by atoms with Gasteiger partial charge in [-0.05, 0) is 43.7 Å². The van der Waals surface area contributed by atoms with Gasteiger partial charge in [-0.3, -0.25) is 4.79 Å². The number of sulfonamides is 1. The van der Waals surface area contributed by atoms with Gasteiger partial charge < -0.3 is 10.1 Å². The van der Waals surface area contributed by atoms with Crippen LogP contribution in [0.2, 0.25) is 0 Å². The van der Waals surface area contributed by atoms with Crippen LogP contribution in [0.5, 0.6) is 0 Å². The molecule has 0 saturated heterocycles. The van der Waals surface area contributed by atoms with Crippen molar-refractivity contribution in [3.05, 3.63) is 59.2 Å². The van der Waals surface area contributed by atoms with Gasteiger partial charge in [-0.15, -0.1) is 0 Å². The highest BCUT2D eigenvalue weighted by Gasteiger charge is 2.18. The van der Waals surface area contributed by atoms with Crippen LogP contribution >= 0.6 is 0 Å². The zero-order valence-electron chi connectivity index (χ0n) is 15.6. The number of nitrogens with zero attached hydrogens (tertiary/aromatic N) is 1. The fourth-order valence-electron chi connectivity index (χ4n) is 2.31. The molecule has 0 saturated carbocycles. The van der Waals surface area contributed by atoms with Crippen molar-refractivity contribution < 1.29 is 22.7 Å². The second-order valence-electron chi connectivity index (χ2n) is 6.26. The zero-order valence-corrected chi connectivity index (χ0v) is 16.5. The molecule has 1 amide bonds. The molecule has 1 N–H and O–H groups in total. The Balaban J connectivity index is 2.02. The van der Waals surface area contributed by atoms with E-state index in [4.69, 9.17) is 4.74 Å². The summed E-state index contributed by atoms with van der Waals surface area (Å²) in [6.07, 6.45) is 0. The Morgan fingerprint density at radius 2 is 1.78 bits per heavy atom. The second-order valence-corrected chi connectivity index (χ2v) is 8.41. The molecule has 0 spiro atoms. The van der Waals surface area contributed by atoms with Gasteiger partial charge in [0.15, 0.2) is 6.61 Å². The molecule has 27 heavy (non-hydrogen) atoms. The van der Waals surface area contributed by atoms with E-state index >= 15 is 0 Å². The van der Waals surface area contributed by atoms with Crippen molar-refractivity contribution in [1.29, 1.82) is 0 Å². The standard InChI is InChI=1S/C19H22N2O5S/c1-13-8-9-14(2)17(10-13)19(23)26-12-18(22)20-15-6-5-7-16(11-15)27(24,25)21(3)4/h5-11H,12H2,1-4H3,(H,20,22). The van der Waals surface area contributed by atoms with Crippen molar-refractivity contribution >= 4 is 27.6 Å². The number of esters is 1. The third-order valence-corrected chi connectivity index (χ3v) is 5.65. The Bertz CT molecular complexity index is 968. The van der Waals surface area contributed by atoms with Crippen molar-refractivity contribution in [2.45, 2.75) is 18.7 Å². The van der Waals surface area contributed by atoms with Crippen molar-refractivity contribution in [3.8, 4) is 0 Å². The van der Waals surface area contributed by atoms with E-state index in [-0.39, 0.29) is 4.90 Å². The van der Waals surface area contributed by atoms with Crippen molar-refractivity contribution in [2.24, 2.45) is 0 Å². The monoisotopic (exact) mass is 390 g/mol. The minimum Gasteiger partial charge on any atom is -0.452 e. The number of ether oxygens (including phenoxy) is 1. The normalized spacial score (nSPS) is 11.3. The number of hydrogen-bond acceptors (Lipinski definition) is 5. The van der Waals surface area contributed by atoms with Crippen LogP contribution in [-0.4, -0.2) is 45.3 Å². The molecule has 0 aliphatic heterocycles. The number of anilines is 1. The molecular formula is C19H22N2O5S. The molecule has 0 aliphatic rings. The fraction of sp³-hybridized carbons (Fsp3) is 0.263. The average molecular weight is 390 g/mol. The Kier molecular flexibility index (Phi) is 6.35. The van der Waals surface area contributed by atoms with E-state index < -0.39 is 28.5 Å². The Morgan fingerprint density at radius 1 is 1.07 bits per heavy atom. The van der Waals surface area contributed by atoms with Gasteiger partial charge >= 0.3 is 5.97 Å². The van der Waals surface area contributed by atoms with Crippen molar-refractivity contribution in [3.63, 3.8) is 0 Å². The van der Waals surface area contributed by atoms with Gasteiger partial charge in [-0.25, -0.2) is 17.5 Å². The highest BCUT2D eigenvalue weighted by Crippen LogP contribution is 2.18. The molecule has 2 aromatic carbocycles. The van der Waals surface area contributed by atoms with Gasteiger partial charge in [0.25, 0.3) is 5.91 Å². The number of benzene rings is 2. The Hall–Kier alpha value is -2.71. The summed E-state index contributed by atoms with van der Waals surface area (Å²) in [7, 11) is -0.761. The molecule has 0 aromatic heterocycles. The van der Waals surface area contributed by atoms with Crippen LogP contribution in [0.4, 0.5) is 5.69 Å². The summed E-state index contributed by atoms with van der Waals surface area (Å²) < 4.78 is 30.4. The lowest BCUT2D eigenvalue weighted by atomic mass is 10.1. The van der Waals surface area contributed by atoms with Gasteiger partial charge in [0.2, 0.25) is 10.0 Å². The SMILES string of the molecule is Cc1ccc(C)c(C(=O)OCC(=O)Nc2cccc(S(=O)(=O)N(C)C)c2)c1. The first-order valence-corrected chi connectivity index (χ1v) is 9.62. The van der Waals surface area contributed by atoms with Crippen LogP contribution < -0.4 is 5.32 Å². The predicted molar refractivity (Wildman–Crippen MR) is 102 cm³/mol. The van der Waals surface area contributed by atoms with Crippen LogP contribution in [0.3, 0.4) is 0 Å². The van der Waals surface area contributed by atoms with Crippen LogP contribution in [-0.2, 0) is 19.6 Å². The van der Waals surface area contributed by atoms with Crippen LogP contribution in [0.25, 0.3) is 0 Å². The van der Waals surface area contributed by atoms with E-state index in [0.717, 1.165) is 15.4 Å². The maximum atomic E-state index is 12.1. The van der Waals surface area contributed by atoms with E-state index in [2.05, 4.69) is 5.32 Å². The number of rotatable bonds is 6. The summed E-state index contributed by atoms with van der Waals surface area (Å²) in [6.45, 7) is 3.17. The molecule has 0 fully saturated rings. The molecule has 144 valence electrons.